The predicted octanol–water partition coefficient (Wildman–Crippen LogP) is 3.56. The highest BCUT2D eigenvalue weighted by Crippen LogP contribution is 2.20. The molecule has 0 aromatic carbocycles. The molecule has 0 saturated heterocycles. The standard InChI is InChI=1S/C13H21NO/c1-6-8(2)7-12(15)13-10(4)9(3)11(5)14-13/h8,14H,6-7H2,1-5H3. The van der Waals surface area contributed by atoms with Crippen LogP contribution in [0.4, 0.5) is 0 Å². The zero-order valence-electron chi connectivity index (χ0n) is 10.4. The van der Waals surface area contributed by atoms with Crippen molar-refractivity contribution in [2.24, 2.45) is 5.92 Å². The van der Waals surface area contributed by atoms with Crippen LogP contribution in [-0.2, 0) is 0 Å². The first kappa shape index (κ1) is 12.0. The molecule has 0 amide bonds. The SMILES string of the molecule is CCC(C)CC(=O)c1[nH]c(C)c(C)c1C. The van der Waals surface area contributed by atoms with E-state index in [1.807, 2.05) is 13.8 Å². The summed E-state index contributed by atoms with van der Waals surface area (Å²) in [5.74, 6) is 0.721. The lowest BCUT2D eigenvalue weighted by molar-refractivity contribution is 0.0958. The van der Waals surface area contributed by atoms with Crippen molar-refractivity contribution in [2.45, 2.75) is 47.5 Å². The molecule has 1 heterocycles. The van der Waals surface area contributed by atoms with E-state index in [-0.39, 0.29) is 5.78 Å². The quantitative estimate of drug-likeness (QED) is 0.752. The number of aromatic nitrogens is 1. The highest BCUT2D eigenvalue weighted by atomic mass is 16.1. The number of Topliss-reactive ketones (excluding diaryl/α,β-unsaturated/α-hetero) is 1. The van der Waals surface area contributed by atoms with Crippen LogP contribution in [0.5, 0.6) is 0 Å². The topological polar surface area (TPSA) is 32.9 Å². The van der Waals surface area contributed by atoms with Gasteiger partial charge in [0.05, 0.1) is 5.69 Å². The fourth-order valence-corrected chi connectivity index (χ4v) is 1.69. The van der Waals surface area contributed by atoms with Crippen LogP contribution < -0.4 is 0 Å². The molecule has 0 aliphatic carbocycles. The van der Waals surface area contributed by atoms with E-state index in [2.05, 4.69) is 25.8 Å². The van der Waals surface area contributed by atoms with Crippen LogP contribution in [0.2, 0.25) is 0 Å². The van der Waals surface area contributed by atoms with Crippen LogP contribution in [0, 0.1) is 26.7 Å². The minimum absolute atomic E-state index is 0.248. The van der Waals surface area contributed by atoms with E-state index in [0.29, 0.717) is 12.3 Å². The second kappa shape index (κ2) is 4.65. The molecule has 84 valence electrons. The monoisotopic (exact) mass is 207 g/mol. The van der Waals surface area contributed by atoms with E-state index < -0.39 is 0 Å². The highest BCUT2D eigenvalue weighted by Gasteiger charge is 2.16. The van der Waals surface area contributed by atoms with Crippen molar-refractivity contribution in [3.8, 4) is 0 Å². The minimum atomic E-state index is 0.248. The lowest BCUT2D eigenvalue weighted by Crippen LogP contribution is -2.07. The van der Waals surface area contributed by atoms with Gasteiger partial charge in [0.1, 0.15) is 0 Å². The summed E-state index contributed by atoms with van der Waals surface area (Å²) in [5.41, 5.74) is 4.24. The maximum absolute atomic E-state index is 12.0. The van der Waals surface area contributed by atoms with Crippen molar-refractivity contribution in [1.82, 2.24) is 4.98 Å². The molecule has 2 nitrogen and oxygen atoms in total. The Morgan fingerprint density at radius 2 is 1.87 bits per heavy atom. The van der Waals surface area contributed by atoms with Gasteiger partial charge in [-0.25, -0.2) is 0 Å². The van der Waals surface area contributed by atoms with Crippen LogP contribution in [0.25, 0.3) is 0 Å². The number of H-pyrrole nitrogens is 1. The van der Waals surface area contributed by atoms with E-state index in [4.69, 9.17) is 0 Å². The van der Waals surface area contributed by atoms with Gasteiger partial charge in [-0.1, -0.05) is 20.3 Å². The molecule has 0 aliphatic heterocycles. The number of hydrogen-bond donors (Lipinski definition) is 1. The Labute approximate surface area is 92.1 Å². The second-order valence-corrected chi connectivity index (χ2v) is 4.52. The Bertz CT molecular complexity index is 363. The number of carbonyl (C=O) groups excluding carboxylic acids is 1. The van der Waals surface area contributed by atoms with Crippen molar-refractivity contribution in [2.75, 3.05) is 0 Å². The molecule has 1 aromatic heterocycles. The summed E-state index contributed by atoms with van der Waals surface area (Å²) in [7, 11) is 0. The van der Waals surface area contributed by atoms with Gasteiger partial charge in [0.25, 0.3) is 0 Å². The number of aryl methyl sites for hydroxylation is 1. The molecule has 1 N–H and O–H groups in total. The molecule has 2 heteroatoms. The average molecular weight is 207 g/mol. The third-order valence-electron chi connectivity index (χ3n) is 3.32. The largest absolute Gasteiger partial charge is 0.356 e. The van der Waals surface area contributed by atoms with E-state index in [1.54, 1.807) is 0 Å². The predicted molar refractivity (Wildman–Crippen MR) is 63.4 cm³/mol. The zero-order valence-corrected chi connectivity index (χ0v) is 10.4. The van der Waals surface area contributed by atoms with Gasteiger partial charge in [0, 0.05) is 12.1 Å². The van der Waals surface area contributed by atoms with Crippen molar-refractivity contribution < 1.29 is 4.79 Å². The van der Waals surface area contributed by atoms with Gasteiger partial charge in [-0.2, -0.15) is 0 Å². The van der Waals surface area contributed by atoms with Crippen LogP contribution >= 0.6 is 0 Å². The molecule has 1 unspecified atom stereocenters. The summed E-state index contributed by atoms with van der Waals surface area (Å²) in [5, 5.41) is 0. The molecule has 1 atom stereocenters. The smallest absolute Gasteiger partial charge is 0.179 e. The minimum Gasteiger partial charge on any atom is -0.356 e. The molecule has 0 saturated carbocycles. The Morgan fingerprint density at radius 3 is 2.27 bits per heavy atom. The fourth-order valence-electron chi connectivity index (χ4n) is 1.69. The van der Waals surface area contributed by atoms with E-state index >= 15 is 0 Å². The maximum Gasteiger partial charge on any atom is 0.179 e. The van der Waals surface area contributed by atoms with Gasteiger partial charge < -0.3 is 4.98 Å². The van der Waals surface area contributed by atoms with Crippen molar-refractivity contribution in [3.63, 3.8) is 0 Å². The van der Waals surface area contributed by atoms with Gasteiger partial charge in [-0.05, 0) is 37.8 Å². The van der Waals surface area contributed by atoms with E-state index in [0.717, 1.165) is 23.4 Å². The Hall–Kier alpha value is -1.05. The molecule has 0 fully saturated rings. The summed E-state index contributed by atoms with van der Waals surface area (Å²) in [4.78, 5) is 15.2. The summed E-state index contributed by atoms with van der Waals surface area (Å²) >= 11 is 0. The lowest BCUT2D eigenvalue weighted by atomic mass is 9.99. The molecular weight excluding hydrogens is 186 g/mol. The van der Waals surface area contributed by atoms with Crippen molar-refractivity contribution in [1.29, 1.82) is 0 Å². The molecular formula is C13H21NO. The van der Waals surface area contributed by atoms with E-state index in [9.17, 15) is 4.79 Å². The number of nitrogens with one attached hydrogen (secondary N) is 1. The summed E-state index contributed by atoms with van der Waals surface area (Å²) < 4.78 is 0. The molecule has 0 aliphatic rings. The molecule has 0 bridgehead atoms. The Morgan fingerprint density at radius 1 is 1.27 bits per heavy atom. The maximum atomic E-state index is 12.0. The number of rotatable bonds is 4. The first-order valence-electron chi connectivity index (χ1n) is 5.66. The third-order valence-corrected chi connectivity index (χ3v) is 3.32. The summed E-state index contributed by atoms with van der Waals surface area (Å²) in [6.45, 7) is 10.3. The summed E-state index contributed by atoms with van der Waals surface area (Å²) in [6.07, 6.45) is 1.71. The lowest BCUT2D eigenvalue weighted by Gasteiger charge is -2.06. The molecule has 15 heavy (non-hydrogen) atoms. The molecule has 1 aromatic rings. The van der Waals surface area contributed by atoms with Crippen LogP contribution in [0.15, 0.2) is 0 Å². The van der Waals surface area contributed by atoms with Crippen molar-refractivity contribution in [3.05, 3.63) is 22.5 Å². The van der Waals surface area contributed by atoms with Crippen LogP contribution in [-0.4, -0.2) is 10.8 Å². The van der Waals surface area contributed by atoms with Gasteiger partial charge in [0.2, 0.25) is 0 Å². The third kappa shape index (κ3) is 2.49. The Balaban J connectivity index is 2.87. The Kier molecular flexibility index (Phi) is 3.72. The number of ketones is 1. The van der Waals surface area contributed by atoms with Gasteiger partial charge >= 0.3 is 0 Å². The fraction of sp³-hybridized carbons (Fsp3) is 0.615. The average Bonchev–Trinajstić information content (AvgIpc) is 2.45. The first-order chi connectivity index (χ1) is 6.97. The van der Waals surface area contributed by atoms with Gasteiger partial charge in [-0.3, -0.25) is 4.79 Å². The number of carbonyl (C=O) groups is 1. The van der Waals surface area contributed by atoms with Crippen LogP contribution in [0.1, 0.15) is 54.0 Å². The summed E-state index contributed by atoms with van der Waals surface area (Å²) in [6, 6.07) is 0. The van der Waals surface area contributed by atoms with Crippen molar-refractivity contribution >= 4 is 5.78 Å². The normalized spacial score (nSPS) is 12.9. The number of aromatic amines is 1. The van der Waals surface area contributed by atoms with Gasteiger partial charge in [0.15, 0.2) is 5.78 Å². The first-order valence-corrected chi connectivity index (χ1v) is 5.66. The molecule has 0 radical (unpaired) electrons. The van der Waals surface area contributed by atoms with E-state index in [1.165, 1.54) is 5.56 Å². The zero-order chi connectivity index (χ0) is 11.6. The highest BCUT2D eigenvalue weighted by molar-refractivity contribution is 5.96. The molecule has 0 spiro atoms. The molecule has 1 rings (SSSR count). The second-order valence-electron chi connectivity index (χ2n) is 4.52. The van der Waals surface area contributed by atoms with Gasteiger partial charge in [-0.15, -0.1) is 0 Å². The van der Waals surface area contributed by atoms with Crippen LogP contribution in [0.3, 0.4) is 0 Å². The number of hydrogen-bond acceptors (Lipinski definition) is 1.